The number of hydrogen-bond acceptors (Lipinski definition) is 6. The average Bonchev–Trinajstić information content (AvgIpc) is 2.51. The molecule has 2 fully saturated rings. The molecule has 0 aliphatic carbocycles. The standard InChI is InChI=1S/C14H18O6/c1-17-14-11(16)10(15)12-9(19-14)7-18-13(20-12)8-5-3-2-4-6-8/h2-6,9-16H,7H2,1H3/t9?,10-,11+,12-,13?,14-/m1/s1. The summed E-state index contributed by atoms with van der Waals surface area (Å²) in [5.74, 6) is 0. The lowest BCUT2D eigenvalue weighted by Crippen LogP contribution is -2.62. The third kappa shape index (κ3) is 2.46. The van der Waals surface area contributed by atoms with Crippen LogP contribution in [0.1, 0.15) is 11.9 Å². The number of rotatable bonds is 2. The summed E-state index contributed by atoms with van der Waals surface area (Å²) in [4.78, 5) is 0. The minimum absolute atomic E-state index is 0.272. The Morgan fingerprint density at radius 3 is 2.55 bits per heavy atom. The van der Waals surface area contributed by atoms with Crippen LogP contribution in [0.2, 0.25) is 0 Å². The highest BCUT2D eigenvalue weighted by Crippen LogP contribution is 2.33. The molecule has 0 radical (unpaired) electrons. The monoisotopic (exact) mass is 282 g/mol. The zero-order chi connectivity index (χ0) is 14.1. The van der Waals surface area contributed by atoms with Crippen molar-refractivity contribution in [1.29, 1.82) is 0 Å². The molecule has 6 nitrogen and oxygen atoms in total. The number of fused-ring (bicyclic) bond motifs is 1. The Bertz CT molecular complexity index is 437. The highest BCUT2D eigenvalue weighted by Gasteiger charge is 2.48. The molecular formula is C14H18O6. The predicted molar refractivity (Wildman–Crippen MR) is 67.7 cm³/mol. The molecular weight excluding hydrogens is 264 g/mol. The van der Waals surface area contributed by atoms with E-state index in [0.717, 1.165) is 5.56 Å². The molecule has 110 valence electrons. The summed E-state index contributed by atoms with van der Waals surface area (Å²) in [6, 6.07) is 9.45. The molecule has 3 rings (SSSR count). The molecule has 0 amide bonds. The minimum atomic E-state index is -1.14. The Labute approximate surface area is 116 Å². The molecule has 1 aromatic carbocycles. The van der Waals surface area contributed by atoms with Crippen molar-refractivity contribution in [3.8, 4) is 0 Å². The van der Waals surface area contributed by atoms with Crippen LogP contribution in [0.5, 0.6) is 0 Å². The summed E-state index contributed by atoms with van der Waals surface area (Å²) in [5.41, 5.74) is 0.863. The minimum Gasteiger partial charge on any atom is -0.387 e. The molecule has 2 N–H and O–H groups in total. The first-order valence-corrected chi connectivity index (χ1v) is 6.57. The summed E-state index contributed by atoms with van der Waals surface area (Å²) >= 11 is 0. The van der Waals surface area contributed by atoms with Crippen molar-refractivity contribution in [2.24, 2.45) is 0 Å². The van der Waals surface area contributed by atoms with Crippen LogP contribution in [-0.2, 0) is 18.9 Å². The first-order chi connectivity index (χ1) is 9.70. The zero-order valence-corrected chi connectivity index (χ0v) is 11.1. The number of hydrogen-bond donors (Lipinski definition) is 2. The van der Waals surface area contributed by atoms with Crippen molar-refractivity contribution in [2.75, 3.05) is 13.7 Å². The summed E-state index contributed by atoms with van der Waals surface area (Å²) in [5, 5.41) is 20.1. The fourth-order valence-electron chi connectivity index (χ4n) is 2.55. The Hall–Kier alpha value is -1.02. The molecule has 1 aromatic rings. The van der Waals surface area contributed by atoms with E-state index in [1.165, 1.54) is 7.11 Å². The van der Waals surface area contributed by atoms with Gasteiger partial charge in [0, 0.05) is 12.7 Å². The van der Waals surface area contributed by atoms with Crippen LogP contribution in [0.3, 0.4) is 0 Å². The second-order valence-electron chi connectivity index (χ2n) is 4.94. The Kier molecular flexibility index (Phi) is 4.02. The van der Waals surface area contributed by atoms with E-state index in [4.69, 9.17) is 18.9 Å². The van der Waals surface area contributed by atoms with E-state index < -0.39 is 37.0 Å². The second-order valence-corrected chi connectivity index (χ2v) is 4.94. The maximum atomic E-state index is 10.1. The largest absolute Gasteiger partial charge is 0.387 e. The SMILES string of the molecule is CO[C@@H]1OC2COC(c3ccccc3)O[C@H]2[C@H](O)[C@@H]1O. The highest BCUT2D eigenvalue weighted by atomic mass is 16.7. The van der Waals surface area contributed by atoms with Gasteiger partial charge in [-0.2, -0.15) is 0 Å². The third-order valence-electron chi connectivity index (χ3n) is 3.64. The van der Waals surface area contributed by atoms with Gasteiger partial charge in [0.25, 0.3) is 0 Å². The van der Waals surface area contributed by atoms with Crippen LogP contribution >= 0.6 is 0 Å². The number of benzene rings is 1. The van der Waals surface area contributed by atoms with E-state index in [-0.39, 0.29) is 6.61 Å². The molecule has 2 aliphatic heterocycles. The lowest BCUT2D eigenvalue weighted by molar-refractivity contribution is -0.358. The number of methoxy groups -OCH3 is 1. The van der Waals surface area contributed by atoms with E-state index >= 15 is 0 Å². The average molecular weight is 282 g/mol. The zero-order valence-electron chi connectivity index (χ0n) is 11.1. The van der Waals surface area contributed by atoms with Gasteiger partial charge in [-0.1, -0.05) is 30.3 Å². The van der Waals surface area contributed by atoms with Crippen LogP contribution < -0.4 is 0 Å². The summed E-state index contributed by atoms with van der Waals surface area (Å²) in [7, 11) is 1.41. The normalized spacial score (nSPS) is 41.1. The quantitative estimate of drug-likeness (QED) is 0.806. The summed E-state index contributed by atoms with van der Waals surface area (Å²) in [6.45, 7) is 0.272. The predicted octanol–water partition coefficient (Wildman–Crippen LogP) is 0.194. The fraction of sp³-hybridized carbons (Fsp3) is 0.571. The molecule has 6 atom stereocenters. The molecule has 20 heavy (non-hydrogen) atoms. The van der Waals surface area contributed by atoms with Gasteiger partial charge in [-0.3, -0.25) is 0 Å². The van der Waals surface area contributed by atoms with Gasteiger partial charge >= 0.3 is 0 Å². The smallest absolute Gasteiger partial charge is 0.186 e. The molecule has 0 spiro atoms. The number of ether oxygens (including phenoxy) is 4. The molecule has 0 aromatic heterocycles. The molecule has 2 heterocycles. The van der Waals surface area contributed by atoms with Crippen molar-refractivity contribution >= 4 is 0 Å². The van der Waals surface area contributed by atoms with Gasteiger partial charge in [0.1, 0.15) is 24.4 Å². The molecule has 0 bridgehead atoms. The summed E-state index contributed by atoms with van der Waals surface area (Å²) in [6.07, 6.45) is -4.76. The Balaban J connectivity index is 1.74. The lowest BCUT2D eigenvalue weighted by Gasteiger charge is -2.45. The van der Waals surface area contributed by atoms with E-state index in [1.807, 2.05) is 30.3 Å². The summed E-state index contributed by atoms with van der Waals surface area (Å²) < 4.78 is 21.9. The molecule has 0 saturated carbocycles. The first-order valence-electron chi connectivity index (χ1n) is 6.57. The maximum Gasteiger partial charge on any atom is 0.186 e. The van der Waals surface area contributed by atoms with Crippen molar-refractivity contribution in [2.45, 2.75) is 37.0 Å². The van der Waals surface area contributed by atoms with E-state index in [0.29, 0.717) is 0 Å². The van der Waals surface area contributed by atoms with Crippen molar-refractivity contribution < 1.29 is 29.2 Å². The Morgan fingerprint density at radius 1 is 1.10 bits per heavy atom. The van der Waals surface area contributed by atoms with Crippen LogP contribution in [0.25, 0.3) is 0 Å². The maximum absolute atomic E-state index is 10.1. The van der Waals surface area contributed by atoms with Crippen molar-refractivity contribution in [3.63, 3.8) is 0 Å². The Morgan fingerprint density at radius 2 is 1.85 bits per heavy atom. The first kappa shape index (κ1) is 13.9. The fourth-order valence-corrected chi connectivity index (χ4v) is 2.55. The molecule has 2 saturated heterocycles. The van der Waals surface area contributed by atoms with E-state index in [1.54, 1.807) is 0 Å². The molecule has 6 heteroatoms. The lowest BCUT2D eigenvalue weighted by atomic mass is 9.98. The van der Waals surface area contributed by atoms with Crippen molar-refractivity contribution in [1.82, 2.24) is 0 Å². The van der Waals surface area contributed by atoms with E-state index in [2.05, 4.69) is 0 Å². The van der Waals surface area contributed by atoms with Crippen LogP contribution in [0, 0.1) is 0 Å². The third-order valence-corrected chi connectivity index (χ3v) is 3.64. The van der Waals surface area contributed by atoms with Gasteiger partial charge in [-0.25, -0.2) is 0 Å². The number of aliphatic hydroxyl groups is 2. The van der Waals surface area contributed by atoms with E-state index in [9.17, 15) is 10.2 Å². The van der Waals surface area contributed by atoms with Gasteiger partial charge in [-0.05, 0) is 0 Å². The second kappa shape index (κ2) is 5.77. The topological polar surface area (TPSA) is 77.4 Å². The van der Waals surface area contributed by atoms with Gasteiger partial charge in [0.2, 0.25) is 0 Å². The van der Waals surface area contributed by atoms with Crippen molar-refractivity contribution in [3.05, 3.63) is 35.9 Å². The van der Waals surface area contributed by atoms with Crippen LogP contribution in [0.15, 0.2) is 30.3 Å². The van der Waals surface area contributed by atoms with Crippen LogP contribution in [0.4, 0.5) is 0 Å². The van der Waals surface area contributed by atoms with Gasteiger partial charge in [0.05, 0.1) is 6.61 Å². The van der Waals surface area contributed by atoms with Gasteiger partial charge in [0.15, 0.2) is 12.6 Å². The van der Waals surface area contributed by atoms with Gasteiger partial charge < -0.3 is 29.2 Å². The highest BCUT2D eigenvalue weighted by molar-refractivity contribution is 5.16. The number of aliphatic hydroxyl groups excluding tert-OH is 2. The van der Waals surface area contributed by atoms with Gasteiger partial charge in [-0.15, -0.1) is 0 Å². The van der Waals surface area contributed by atoms with Crippen LogP contribution in [-0.4, -0.2) is 54.6 Å². The molecule has 2 aliphatic rings. The molecule has 2 unspecified atom stereocenters.